The predicted octanol–water partition coefficient (Wildman–Crippen LogP) is 2.56. The van der Waals surface area contributed by atoms with Crippen molar-refractivity contribution in [3.63, 3.8) is 0 Å². The van der Waals surface area contributed by atoms with Crippen molar-refractivity contribution >= 4 is 17.6 Å². The maximum absolute atomic E-state index is 11.9. The number of ether oxygens (including phenoxy) is 3. The Morgan fingerprint density at radius 3 is 2.92 bits per heavy atom. The van der Waals surface area contributed by atoms with Gasteiger partial charge in [-0.15, -0.1) is 0 Å². The van der Waals surface area contributed by atoms with Crippen LogP contribution in [0.2, 0.25) is 0 Å². The van der Waals surface area contributed by atoms with E-state index in [9.17, 15) is 9.59 Å². The highest BCUT2D eigenvalue weighted by Gasteiger charge is 2.17. The minimum Gasteiger partial charge on any atom is -0.482 e. The van der Waals surface area contributed by atoms with Crippen LogP contribution in [0.3, 0.4) is 0 Å². The van der Waals surface area contributed by atoms with Crippen LogP contribution >= 0.6 is 0 Å². The third-order valence-corrected chi connectivity index (χ3v) is 3.48. The normalized spacial score (nSPS) is 12.6. The van der Waals surface area contributed by atoms with Gasteiger partial charge in [-0.2, -0.15) is 0 Å². The van der Waals surface area contributed by atoms with E-state index in [1.807, 2.05) is 25.1 Å². The Hall–Kier alpha value is -3.02. The molecule has 0 saturated heterocycles. The molecule has 2 aromatic carbocycles. The van der Waals surface area contributed by atoms with Gasteiger partial charge in [0.2, 0.25) is 0 Å². The maximum Gasteiger partial charge on any atom is 0.349 e. The van der Waals surface area contributed by atoms with E-state index in [1.165, 1.54) is 0 Å². The lowest BCUT2D eigenvalue weighted by molar-refractivity contribution is -0.136. The van der Waals surface area contributed by atoms with Crippen molar-refractivity contribution in [1.82, 2.24) is 0 Å². The predicted molar refractivity (Wildman–Crippen MR) is 87.5 cm³/mol. The number of carbonyl (C=O) groups excluding carboxylic acids is 2. The topological polar surface area (TPSA) is 73.9 Å². The Kier molecular flexibility index (Phi) is 4.65. The molecule has 0 aromatic heterocycles. The molecule has 124 valence electrons. The number of hydrogen-bond donors (Lipinski definition) is 1. The SMILES string of the molecule is CCc1cccc(OCC(=O)Oc2ccc3c(c2)OCC(=O)N3)c1. The van der Waals surface area contributed by atoms with Crippen molar-refractivity contribution < 1.29 is 23.8 Å². The standard InChI is InChI=1S/C18H17NO5/c1-2-12-4-3-5-13(8-12)22-11-18(21)24-14-6-7-15-16(9-14)23-10-17(20)19-15/h3-9H,2,10-11H2,1H3,(H,19,20). The van der Waals surface area contributed by atoms with Crippen molar-refractivity contribution in [1.29, 1.82) is 0 Å². The Morgan fingerprint density at radius 1 is 1.21 bits per heavy atom. The van der Waals surface area contributed by atoms with Gasteiger partial charge in [-0.1, -0.05) is 19.1 Å². The first-order valence-corrected chi connectivity index (χ1v) is 7.63. The lowest BCUT2D eigenvalue weighted by Gasteiger charge is -2.18. The van der Waals surface area contributed by atoms with E-state index in [2.05, 4.69) is 5.32 Å². The van der Waals surface area contributed by atoms with Gasteiger partial charge in [0, 0.05) is 6.07 Å². The molecule has 1 heterocycles. The largest absolute Gasteiger partial charge is 0.482 e. The minimum absolute atomic E-state index is 0.0543. The summed E-state index contributed by atoms with van der Waals surface area (Å²) >= 11 is 0. The minimum atomic E-state index is -0.517. The summed E-state index contributed by atoms with van der Waals surface area (Å²) in [5.41, 5.74) is 1.69. The average molecular weight is 327 g/mol. The lowest BCUT2D eigenvalue weighted by Crippen LogP contribution is -2.25. The molecule has 3 rings (SSSR count). The first-order chi connectivity index (χ1) is 11.6. The first-order valence-electron chi connectivity index (χ1n) is 7.63. The number of rotatable bonds is 5. The van der Waals surface area contributed by atoms with E-state index < -0.39 is 5.97 Å². The Balaban J connectivity index is 1.58. The summed E-state index contributed by atoms with van der Waals surface area (Å²) in [4.78, 5) is 23.1. The molecule has 0 spiro atoms. The van der Waals surface area contributed by atoms with Crippen LogP contribution in [0.15, 0.2) is 42.5 Å². The van der Waals surface area contributed by atoms with Crippen LogP contribution in [-0.4, -0.2) is 25.1 Å². The van der Waals surface area contributed by atoms with E-state index in [-0.39, 0.29) is 19.1 Å². The van der Waals surface area contributed by atoms with Gasteiger partial charge in [0.05, 0.1) is 5.69 Å². The lowest BCUT2D eigenvalue weighted by atomic mass is 10.2. The van der Waals surface area contributed by atoms with E-state index in [4.69, 9.17) is 14.2 Å². The third-order valence-electron chi connectivity index (χ3n) is 3.48. The second kappa shape index (κ2) is 7.04. The molecule has 0 radical (unpaired) electrons. The molecule has 1 N–H and O–H groups in total. The highest BCUT2D eigenvalue weighted by molar-refractivity contribution is 5.95. The fourth-order valence-corrected chi connectivity index (χ4v) is 2.28. The van der Waals surface area contributed by atoms with Gasteiger partial charge in [0.1, 0.15) is 17.2 Å². The Labute approximate surface area is 139 Å². The summed E-state index contributed by atoms with van der Waals surface area (Å²) < 4.78 is 16.0. The van der Waals surface area contributed by atoms with Crippen LogP contribution in [0, 0.1) is 0 Å². The van der Waals surface area contributed by atoms with Gasteiger partial charge >= 0.3 is 5.97 Å². The van der Waals surface area contributed by atoms with Gasteiger partial charge in [0.25, 0.3) is 5.91 Å². The van der Waals surface area contributed by atoms with Crippen molar-refractivity contribution in [2.24, 2.45) is 0 Å². The van der Waals surface area contributed by atoms with Crippen LogP contribution in [0.5, 0.6) is 17.2 Å². The molecule has 0 aliphatic carbocycles. The van der Waals surface area contributed by atoms with Crippen molar-refractivity contribution in [3.05, 3.63) is 48.0 Å². The number of hydrogen-bond acceptors (Lipinski definition) is 5. The first kappa shape index (κ1) is 15.9. The number of fused-ring (bicyclic) bond motifs is 1. The quantitative estimate of drug-likeness (QED) is 0.675. The molecule has 0 saturated carbocycles. The molecule has 6 heteroatoms. The van der Waals surface area contributed by atoms with Gasteiger partial charge in [-0.3, -0.25) is 4.79 Å². The van der Waals surface area contributed by atoms with E-state index in [0.29, 0.717) is 22.9 Å². The monoisotopic (exact) mass is 327 g/mol. The number of amides is 1. The molecule has 6 nitrogen and oxygen atoms in total. The number of anilines is 1. The highest BCUT2D eigenvalue weighted by Crippen LogP contribution is 2.31. The zero-order valence-corrected chi connectivity index (χ0v) is 13.2. The molecular weight excluding hydrogens is 310 g/mol. The summed E-state index contributed by atoms with van der Waals surface area (Å²) in [5.74, 6) is 0.701. The zero-order valence-electron chi connectivity index (χ0n) is 13.2. The highest BCUT2D eigenvalue weighted by atomic mass is 16.6. The summed E-state index contributed by atoms with van der Waals surface area (Å²) in [6.07, 6.45) is 0.896. The fourth-order valence-electron chi connectivity index (χ4n) is 2.28. The van der Waals surface area contributed by atoms with Crippen LogP contribution in [0.1, 0.15) is 12.5 Å². The van der Waals surface area contributed by atoms with Crippen molar-refractivity contribution in [2.75, 3.05) is 18.5 Å². The summed E-state index contributed by atoms with van der Waals surface area (Å²) in [5, 5.41) is 2.67. The second-order valence-corrected chi connectivity index (χ2v) is 5.26. The van der Waals surface area contributed by atoms with Crippen LogP contribution in [0.25, 0.3) is 0 Å². The van der Waals surface area contributed by atoms with Crippen molar-refractivity contribution in [2.45, 2.75) is 13.3 Å². The Morgan fingerprint density at radius 2 is 2.08 bits per heavy atom. The molecule has 0 atom stereocenters. The molecule has 1 amide bonds. The van der Waals surface area contributed by atoms with Gasteiger partial charge in [-0.25, -0.2) is 4.79 Å². The van der Waals surface area contributed by atoms with Gasteiger partial charge < -0.3 is 19.5 Å². The summed E-state index contributed by atoms with van der Waals surface area (Å²) in [6.45, 7) is 1.80. The van der Waals surface area contributed by atoms with E-state index in [0.717, 1.165) is 12.0 Å². The molecule has 0 bridgehead atoms. The molecular formula is C18H17NO5. The summed E-state index contributed by atoms with van der Waals surface area (Å²) in [7, 11) is 0. The second-order valence-electron chi connectivity index (χ2n) is 5.26. The average Bonchev–Trinajstić information content (AvgIpc) is 2.60. The number of esters is 1. The zero-order chi connectivity index (χ0) is 16.9. The third kappa shape index (κ3) is 3.84. The smallest absolute Gasteiger partial charge is 0.349 e. The van der Waals surface area contributed by atoms with Gasteiger partial charge in [-0.05, 0) is 36.2 Å². The molecule has 1 aliphatic rings. The molecule has 1 aliphatic heterocycles. The number of aryl methyl sites for hydroxylation is 1. The van der Waals surface area contributed by atoms with Gasteiger partial charge in [0.15, 0.2) is 13.2 Å². The van der Waals surface area contributed by atoms with Crippen LogP contribution in [-0.2, 0) is 16.0 Å². The molecule has 0 unspecified atom stereocenters. The number of carbonyl (C=O) groups is 2. The van der Waals surface area contributed by atoms with Crippen LogP contribution < -0.4 is 19.5 Å². The van der Waals surface area contributed by atoms with E-state index in [1.54, 1.807) is 24.3 Å². The van der Waals surface area contributed by atoms with E-state index >= 15 is 0 Å². The fraction of sp³-hybridized carbons (Fsp3) is 0.222. The molecule has 0 fully saturated rings. The molecule has 24 heavy (non-hydrogen) atoms. The number of nitrogens with one attached hydrogen (secondary N) is 1. The summed E-state index contributed by atoms with van der Waals surface area (Å²) in [6, 6.07) is 12.3. The van der Waals surface area contributed by atoms with Crippen LogP contribution in [0.4, 0.5) is 5.69 Å². The Bertz CT molecular complexity index is 772. The molecule has 2 aromatic rings. The van der Waals surface area contributed by atoms with Crippen molar-refractivity contribution in [3.8, 4) is 17.2 Å². The number of benzene rings is 2. The maximum atomic E-state index is 11.9.